The van der Waals surface area contributed by atoms with Gasteiger partial charge in [-0.2, -0.15) is 0 Å². The molecule has 1 amide bonds. The largest absolute Gasteiger partial charge is 0.493 e. The number of aromatic nitrogens is 2. The molecular weight excluding hydrogens is 454 g/mol. The molecule has 3 aliphatic rings. The van der Waals surface area contributed by atoms with Gasteiger partial charge in [-0.05, 0) is 68.2 Å². The number of hydrogen-bond acceptors (Lipinski definition) is 7. The zero-order valence-corrected chi connectivity index (χ0v) is 20.8. The number of methoxy groups -OCH3 is 1. The summed E-state index contributed by atoms with van der Waals surface area (Å²) in [5.41, 5.74) is 4.74. The van der Waals surface area contributed by atoms with Gasteiger partial charge in [0.25, 0.3) is 0 Å². The predicted molar refractivity (Wildman–Crippen MR) is 139 cm³/mol. The summed E-state index contributed by atoms with van der Waals surface area (Å²) >= 11 is 0. The first-order chi connectivity index (χ1) is 17.7. The smallest absolute Gasteiger partial charge is 0.234 e. The normalized spacial score (nSPS) is 22.2. The van der Waals surface area contributed by atoms with Crippen LogP contribution < -0.4 is 20.1 Å². The summed E-state index contributed by atoms with van der Waals surface area (Å²) in [5.74, 6) is 2.32. The van der Waals surface area contributed by atoms with E-state index in [1.165, 1.54) is 17.5 Å². The first-order valence-corrected chi connectivity index (χ1v) is 13.1. The Balaban J connectivity index is 1.21. The number of anilines is 2. The third-order valence-electron chi connectivity index (χ3n) is 7.84. The van der Waals surface area contributed by atoms with E-state index in [4.69, 9.17) is 9.47 Å². The number of amides is 1. The second-order valence-electron chi connectivity index (χ2n) is 10.0. The number of rotatable bonds is 6. The molecule has 1 aromatic heterocycles. The molecule has 2 fully saturated rings. The lowest BCUT2D eigenvalue weighted by Crippen LogP contribution is -2.52. The van der Waals surface area contributed by atoms with Gasteiger partial charge in [-0.15, -0.1) is 0 Å². The van der Waals surface area contributed by atoms with Crippen LogP contribution in [0.5, 0.6) is 11.5 Å². The van der Waals surface area contributed by atoms with E-state index in [-0.39, 0.29) is 12.0 Å². The summed E-state index contributed by atoms with van der Waals surface area (Å²) in [7, 11) is 1.67. The van der Waals surface area contributed by atoms with Crippen LogP contribution in [0.25, 0.3) is 10.9 Å². The molecule has 3 aromatic rings. The lowest BCUT2D eigenvalue weighted by Gasteiger charge is -2.38. The highest BCUT2D eigenvalue weighted by molar-refractivity contribution is 5.93. The Labute approximate surface area is 211 Å². The van der Waals surface area contributed by atoms with Crippen molar-refractivity contribution >= 4 is 28.3 Å². The summed E-state index contributed by atoms with van der Waals surface area (Å²) in [4.78, 5) is 23.2. The number of piperazine rings is 1. The number of nitrogens with zero attached hydrogens (tertiary/aromatic N) is 3. The fraction of sp³-hybridized carbons (Fsp3) is 0.464. The Hall–Kier alpha value is -3.39. The van der Waals surface area contributed by atoms with Crippen LogP contribution in [0.15, 0.2) is 36.7 Å². The van der Waals surface area contributed by atoms with Gasteiger partial charge in [0.05, 0.1) is 25.3 Å². The first-order valence-electron chi connectivity index (χ1n) is 13.1. The van der Waals surface area contributed by atoms with Crippen molar-refractivity contribution in [3.05, 3.63) is 47.8 Å². The quantitative estimate of drug-likeness (QED) is 0.543. The summed E-state index contributed by atoms with van der Waals surface area (Å²) in [5, 5.41) is 7.41. The van der Waals surface area contributed by atoms with E-state index >= 15 is 0 Å². The number of carbonyl (C=O) groups is 1. The van der Waals surface area contributed by atoms with Crippen LogP contribution in [0.1, 0.15) is 43.2 Å². The Bertz CT molecular complexity index is 1270. The van der Waals surface area contributed by atoms with E-state index in [0.717, 1.165) is 79.8 Å². The molecule has 36 heavy (non-hydrogen) atoms. The van der Waals surface area contributed by atoms with Gasteiger partial charge >= 0.3 is 0 Å². The van der Waals surface area contributed by atoms with Gasteiger partial charge < -0.3 is 20.1 Å². The summed E-state index contributed by atoms with van der Waals surface area (Å²) < 4.78 is 12.2. The Morgan fingerprint density at radius 2 is 1.97 bits per heavy atom. The van der Waals surface area contributed by atoms with Crippen LogP contribution in [0.2, 0.25) is 0 Å². The van der Waals surface area contributed by atoms with Crippen molar-refractivity contribution in [3.63, 3.8) is 0 Å². The second kappa shape index (κ2) is 9.93. The maximum atomic E-state index is 11.8. The van der Waals surface area contributed by atoms with Gasteiger partial charge in [-0.1, -0.05) is 12.1 Å². The summed E-state index contributed by atoms with van der Waals surface area (Å²) in [6, 6.07) is 10.9. The van der Waals surface area contributed by atoms with Crippen molar-refractivity contribution in [1.29, 1.82) is 0 Å². The number of aryl methyl sites for hydroxylation is 1. The monoisotopic (exact) mass is 487 g/mol. The van der Waals surface area contributed by atoms with Crippen molar-refractivity contribution in [1.82, 2.24) is 20.2 Å². The Kier molecular flexibility index (Phi) is 6.35. The fourth-order valence-electron chi connectivity index (χ4n) is 5.96. The van der Waals surface area contributed by atoms with E-state index in [1.54, 1.807) is 13.4 Å². The minimum atomic E-state index is 0.115. The minimum absolute atomic E-state index is 0.115. The van der Waals surface area contributed by atoms with Crippen molar-refractivity contribution < 1.29 is 14.3 Å². The zero-order valence-electron chi connectivity index (χ0n) is 20.8. The zero-order chi connectivity index (χ0) is 24.5. The molecule has 2 aliphatic carbocycles. The van der Waals surface area contributed by atoms with Gasteiger partial charge in [0.2, 0.25) is 5.91 Å². The fourth-order valence-corrected chi connectivity index (χ4v) is 5.96. The number of benzene rings is 2. The Morgan fingerprint density at radius 1 is 1.08 bits per heavy atom. The van der Waals surface area contributed by atoms with Gasteiger partial charge in [-0.3, -0.25) is 9.69 Å². The maximum absolute atomic E-state index is 11.8. The van der Waals surface area contributed by atoms with Crippen LogP contribution in [-0.2, 0) is 17.6 Å². The standard InChI is InChI=1S/C28H33N5O3/c1-35-25-15-24-22(28(31-17-30-24)32-23-7-3-5-18-4-2-6-21(18)23)14-26(25)36-20-10-8-19(9-11-20)33-13-12-29-27(34)16-33/h3,5,7,14-15,17,19-20H,2,4,6,8-13,16H2,1H3,(H,29,34)(H,30,31,32)/t19-,20+. The third kappa shape index (κ3) is 4.57. The molecule has 1 saturated heterocycles. The van der Waals surface area contributed by atoms with Crippen molar-refractivity contribution in [2.45, 2.75) is 57.1 Å². The molecule has 6 rings (SSSR count). The molecule has 1 saturated carbocycles. The van der Waals surface area contributed by atoms with Crippen LogP contribution in [-0.4, -0.2) is 59.7 Å². The molecule has 0 unspecified atom stereocenters. The summed E-state index contributed by atoms with van der Waals surface area (Å²) in [6.45, 7) is 2.18. The second-order valence-corrected chi connectivity index (χ2v) is 10.0. The van der Waals surface area contributed by atoms with Gasteiger partial charge in [0.15, 0.2) is 11.5 Å². The van der Waals surface area contributed by atoms with Crippen LogP contribution >= 0.6 is 0 Å². The molecule has 188 valence electrons. The van der Waals surface area contributed by atoms with E-state index in [0.29, 0.717) is 18.3 Å². The topological polar surface area (TPSA) is 88.6 Å². The maximum Gasteiger partial charge on any atom is 0.234 e. The molecule has 2 N–H and O–H groups in total. The van der Waals surface area contributed by atoms with Crippen molar-refractivity contribution in [2.24, 2.45) is 0 Å². The SMILES string of the molecule is COc1cc2ncnc(Nc3cccc4c3CCC4)c2cc1O[C@H]1CC[C@@H](N2CCNC(=O)C2)CC1. The lowest BCUT2D eigenvalue weighted by atomic mass is 9.91. The van der Waals surface area contributed by atoms with Crippen LogP contribution in [0.4, 0.5) is 11.5 Å². The van der Waals surface area contributed by atoms with E-state index in [9.17, 15) is 4.79 Å². The third-order valence-corrected chi connectivity index (χ3v) is 7.84. The highest BCUT2D eigenvalue weighted by atomic mass is 16.5. The average molecular weight is 488 g/mol. The first kappa shape index (κ1) is 23.0. The molecule has 0 radical (unpaired) electrons. The van der Waals surface area contributed by atoms with E-state index in [2.05, 4.69) is 43.7 Å². The molecule has 0 atom stereocenters. The van der Waals surface area contributed by atoms with E-state index < -0.39 is 0 Å². The number of carbonyl (C=O) groups excluding carboxylic acids is 1. The number of ether oxygens (including phenoxy) is 2. The molecule has 1 aliphatic heterocycles. The van der Waals surface area contributed by atoms with Crippen molar-refractivity contribution in [2.75, 3.05) is 32.1 Å². The molecule has 0 bridgehead atoms. The van der Waals surface area contributed by atoms with Crippen LogP contribution in [0.3, 0.4) is 0 Å². The molecule has 2 aromatic carbocycles. The number of nitrogens with one attached hydrogen (secondary N) is 2. The summed E-state index contributed by atoms with van der Waals surface area (Å²) in [6.07, 6.45) is 9.10. The molecular formula is C28H33N5O3. The molecule has 8 nitrogen and oxygen atoms in total. The van der Waals surface area contributed by atoms with Crippen LogP contribution in [0, 0.1) is 0 Å². The van der Waals surface area contributed by atoms with Gasteiger partial charge in [0.1, 0.15) is 12.1 Å². The van der Waals surface area contributed by atoms with Gasteiger partial charge in [-0.25, -0.2) is 9.97 Å². The minimum Gasteiger partial charge on any atom is -0.493 e. The molecule has 2 heterocycles. The number of fused-ring (bicyclic) bond motifs is 2. The average Bonchev–Trinajstić information content (AvgIpc) is 3.39. The highest BCUT2D eigenvalue weighted by Crippen LogP contribution is 2.38. The Morgan fingerprint density at radius 3 is 2.81 bits per heavy atom. The highest BCUT2D eigenvalue weighted by Gasteiger charge is 2.30. The molecule has 0 spiro atoms. The molecule has 8 heteroatoms. The lowest BCUT2D eigenvalue weighted by molar-refractivity contribution is -0.125. The predicted octanol–water partition coefficient (Wildman–Crippen LogP) is 3.99. The van der Waals surface area contributed by atoms with Gasteiger partial charge in [0, 0.05) is 36.3 Å². The van der Waals surface area contributed by atoms with E-state index in [1.807, 2.05) is 12.1 Å². The van der Waals surface area contributed by atoms with Crippen molar-refractivity contribution in [3.8, 4) is 11.5 Å². The number of hydrogen-bond donors (Lipinski definition) is 2.